The van der Waals surface area contributed by atoms with Crippen molar-refractivity contribution in [2.45, 2.75) is 44.3 Å². The molecule has 1 N–H and O–H groups in total. The summed E-state index contributed by atoms with van der Waals surface area (Å²) in [6.45, 7) is 2.47. The van der Waals surface area contributed by atoms with Crippen molar-refractivity contribution in [1.82, 2.24) is 0 Å². The van der Waals surface area contributed by atoms with Gasteiger partial charge in [-0.2, -0.15) is 0 Å². The van der Waals surface area contributed by atoms with Gasteiger partial charge in [0.2, 0.25) is 0 Å². The Balaban J connectivity index is 2.02. The van der Waals surface area contributed by atoms with E-state index in [4.69, 9.17) is 23.0 Å². The molecule has 2 rings (SSSR count). The lowest BCUT2D eigenvalue weighted by Gasteiger charge is -2.25. The molecule has 0 aliphatic heterocycles. The molecule has 0 fully saturated rings. The summed E-state index contributed by atoms with van der Waals surface area (Å²) in [6, 6.07) is 18.4. The van der Waals surface area contributed by atoms with Crippen LogP contribution in [0.4, 0.5) is 0 Å². The maximum Gasteiger partial charge on any atom is 0.475 e. The van der Waals surface area contributed by atoms with Gasteiger partial charge in [-0.25, -0.2) is 4.57 Å². The van der Waals surface area contributed by atoms with Crippen molar-refractivity contribution in [3.8, 4) is 0 Å². The Hall–Kier alpha value is -1.58. The van der Waals surface area contributed by atoms with Crippen LogP contribution >= 0.6 is 23.8 Å². The minimum absolute atomic E-state index is 0.0145. The molecule has 0 amide bonds. The molecule has 176 valence electrons. The van der Waals surface area contributed by atoms with Crippen LogP contribution in [0.1, 0.15) is 25.0 Å². The first-order valence-corrected chi connectivity index (χ1v) is 12.4. The summed E-state index contributed by atoms with van der Waals surface area (Å²) in [7, 11) is -4.01. The van der Waals surface area contributed by atoms with Crippen LogP contribution in [0.25, 0.3) is 0 Å². The van der Waals surface area contributed by atoms with Crippen LogP contribution in [0.15, 0.2) is 60.7 Å². The molecule has 0 aliphatic rings. The second kappa shape index (κ2) is 13.9. The van der Waals surface area contributed by atoms with Crippen LogP contribution in [0, 0.1) is 0 Å². The Kier molecular flexibility index (Phi) is 11.5. The van der Waals surface area contributed by atoms with E-state index in [0.29, 0.717) is 0 Å². The number of hydrogen-bond acceptors (Lipinski definition) is 8. The first-order valence-electron chi connectivity index (χ1n) is 10.00. The van der Waals surface area contributed by atoms with Crippen LogP contribution in [-0.2, 0) is 45.6 Å². The highest BCUT2D eigenvalue weighted by molar-refractivity contribution is 9.09. The molecule has 0 heterocycles. The quantitative estimate of drug-likeness (QED) is 0.215. The van der Waals surface area contributed by atoms with E-state index in [9.17, 15) is 14.5 Å². The summed E-state index contributed by atoms with van der Waals surface area (Å²) in [6.07, 6.45) is -1.85. The molecule has 0 saturated carbocycles. The van der Waals surface area contributed by atoms with Crippen LogP contribution in [0.5, 0.6) is 0 Å². The standard InChI is InChI=1S/C22H28BrO8P/c1-17(24)21(31-22(23)16-27-18(2)25)15-30-32(26,28-13-19-9-5-3-6-10-19)29-14-20-11-7-4-8-12-20/h3-12,17,21-22,24H,13-16H2,1-2H3/t17-,21?,22-/m0/s1. The molecule has 1 unspecified atom stereocenters. The predicted molar refractivity (Wildman–Crippen MR) is 122 cm³/mol. The summed E-state index contributed by atoms with van der Waals surface area (Å²) in [5.41, 5.74) is 1.59. The zero-order valence-electron chi connectivity index (χ0n) is 18.0. The molecule has 0 saturated heterocycles. The van der Waals surface area contributed by atoms with Crippen LogP contribution in [0.2, 0.25) is 0 Å². The highest BCUT2D eigenvalue weighted by atomic mass is 79.9. The van der Waals surface area contributed by atoms with E-state index in [-0.39, 0.29) is 26.4 Å². The summed E-state index contributed by atoms with van der Waals surface area (Å²) in [5.74, 6) is -0.462. The second-order valence-electron chi connectivity index (χ2n) is 6.89. The van der Waals surface area contributed by atoms with E-state index in [1.807, 2.05) is 60.7 Å². The molecule has 3 atom stereocenters. The topological polar surface area (TPSA) is 101 Å². The van der Waals surface area contributed by atoms with E-state index in [0.717, 1.165) is 11.1 Å². The highest BCUT2D eigenvalue weighted by Gasteiger charge is 2.31. The fraction of sp³-hybridized carbons (Fsp3) is 0.409. The maximum absolute atomic E-state index is 13.3. The van der Waals surface area contributed by atoms with Gasteiger partial charge in [-0.3, -0.25) is 18.4 Å². The molecule has 8 nitrogen and oxygen atoms in total. The summed E-state index contributed by atoms with van der Waals surface area (Å²) < 4.78 is 40.4. The van der Waals surface area contributed by atoms with Crippen LogP contribution in [0.3, 0.4) is 0 Å². The first-order chi connectivity index (χ1) is 15.3. The number of aliphatic hydroxyl groups is 1. The van der Waals surface area contributed by atoms with E-state index in [1.54, 1.807) is 0 Å². The average molecular weight is 531 g/mol. The third kappa shape index (κ3) is 10.4. The lowest BCUT2D eigenvalue weighted by Crippen LogP contribution is -2.35. The maximum atomic E-state index is 13.3. The number of halogens is 1. The van der Waals surface area contributed by atoms with E-state index in [2.05, 4.69) is 15.9 Å². The Morgan fingerprint density at radius 2 is 1.44 bits per heavy atom. The van der Waals surface area contributed by atoms with Crippen molar-refractivity contribution in [3.05, 3.63) is 71.8 Å². The van der Waals surface area contributed by atoms with Gasteiger partial charge in [0, 0.05) is 6.92 Å². The van der Waals surface area contributed by atoms with Gasteiger partial charge in [-0.1, -0.05) is 76.6 Å². The first kappa shape index (κ1) is 26.7. The number of alkyl halides is 1. The Morgan fingerprint density at radius 1 is 0.938 bits per heavy atom. The molecular weight excluding hydrogens is 503 g/mol. The number of carbonyl (C=O) groups is 1. The molecule has 0 aromatic heterocycles. The van der Waals surface area contributed by atoms with E-state index in [1.165, 1.54) is 13.8 Å². The van der Waals surface area contributed by atoms with Gasteiger partial charge in [-0.05, 0) is 18.1 Å². The molecule has 0 radical (unpaired) electrons. The van der Waals surface area contributed by atoms with Gasteiger partial charge in [0.1, 0.15) is 17.7 Å². The van der Waals surface area contributed by atoms with Crippen molar-refractivity contribution in [2.75, 3.05) is 13.2 Å². The molecule has 0 bridgehead atoms. The average Bonchev–Trinajstić information content (AvgIpc) is 2.79. The number of carbonyl (C=O) groups excluding carboxylic acids is 1. The number of esters is 1. The van der Waals surface area contributed by atoms with Gasteiger partial charge in [0.15, 0.2) is 0 Å². The monoisotopic (exact) mass is 530 g/mol. The third-order valence-corrected chi connectivity index (χ3v) is 5.98. The van der Waals surface area contributed by atoms with Gasteiger partial charge in [-0.15, -0.1) is 0 Å². The fourth-order valence-corrected chi connectivity index (χ4v) is 4.01. The number of phosphoric ester groups is 1. The SMILES string of the molecule is CC(=O)OC[C@@H](Br)OC(COP(=O)(OCc1ccccc1)OCc1ccccc1)[C@H](C)O. The molecule has 0 spiro atoms. The van der Waals surface area contributed by atoms with E-state index >= 15 is 0 Å². The Labute approximate surface area is 196 Å². The Bertz CT molecular complexity index is 802. The van der Waals surface area contributed by atoms with Crippen molar-refractivity contribution in [3.63, 3.8) is 0 Å². The number of benzene rings is 2. The smallest absolute Gasteiger partial charge is 0.462 e. The minimum Gasteiger partial charge on any atom is -0.462 e. The number of hydrogen-bond donors (Lipinski definition) is 1. The van der Waals surface area contributed by atoms with Crippen molar-refractivity contribution >= 4 is 29.7 Å². The minimum atomic E-state index is -4.01. The normalized spacial score (nSPS) is 14.5. The largest absolute Gasteiger partial charge is 0.475 e. The van der Waals surface area contributed by atoms with Crippen molar-refractivity contribution in [2.24, 2.45) is 0 Å². The number of phosphoric acid groups is 1. The van der Waals surface area contributed by atoms with Gasteiger partial charge in [0.05, 0.1) is 25.9 Å². The molecule has 0 aliphatic carbocycles. The fourth-order valence-electron chi connectivity index (χ4n) is 2.44. The van der Waals surface area contributed by atoms with E-state index < -0.39 is 31.0 Å². The molecule has 32 heavy (non-hydrogen) atoms. The molecule has 2 aromatic rings. The lowest BCUT2D eigenvalue weighted by molar-refractivity contribution is -0.145. The van der Waals surface area contributed by atoms with Crippen LogP contribution < -0.4 is 0 Å². The van der Waals surface area contributed by atoms with Gasteiger partial charge >= 0.3 is 13.8 Å². The third-order valence-electron chi connectivity index (χ3n) is 4.14. The molecule has 2 aromatic carbocycles. The van der Waals surface area contributed by atoms with Crippen LogP contribution in [-0.4, -0.2) is 41.5 Å². The zero-order valence-corrected chi connectivity index (χ0v) is 20.4. The molecule has 10 heteroatoms. The lowest BCUT2D eigenvalue weighted by atomic mass is 10.2. The van der Waals surface area contributed by atoms with Crippen molar-refractivity contribution in [1.29, 1.82) is 0 Å². The summed E-state index contributed by atoms with van der Waals surface area (Å²) >= 11 is 3.22. The summed E-state index contributed by atoms with van der Waals surface area (Å²) in [4.78, 5) is 11.0. The number of ether oxygens (including phenoxy) is 2. The number of rotatable bonds is 14. The second-order valence-corrected chi connectivity index (χ2v) is 9.58. The highest BCUT2D eigenvalue weighted by Crippen LogP contribution is 2.51. The van der Waals surface area contributed by atoms with Gasteiger partial charge in [0.25, 0.3) is 0 Å². The van der Waals surface area contributed by atoms with Gasteiger partial charge < -0.3 is 14.6 Å². The zero-order chi connectivity index (χ0) is 23.4. The summed E-state index contributed by atoms with van der Waals surface area (Å²) in [5, 5.41) is 9.36. The Morgan fingerprint density at radius 3 is 1.88 bits per heavy atom. The molecular formula is C22H28BrO8P. The number of aliphatic hydroxyl groups excluding tert-OH is 1. The van der Waals surface area contributed by atoms with Crippen molar-refractivity contribution < 1.29 is 37.5 Å². The predicted octanol–water partition coefficient (Wildman–Crippen LogP) is 4.59.